The SMILES string of the molecule is CC(C)C[C@H](N[C@H](CCN1C(=O)c2cc3ccccc3cc2C1=O)C(=O)OC(C)(C)C)C(=O)NCc1ncc[nH]1. The Labute approximate surface area is 233 Å². The van der Waals surface area contributed by atoms with Crippen molar-refractivity contribution in [1.82, 2.24) is 25.5 Å². The molecule has 40 heavy (non-hydrogen) atoms. The van der Waals surface area contributed by atoms with E-state index >= 15 is 0 Å². The van der Waals surface area contributed by atoms with Crippen molar-refractivity contribution in [1.29, 1.82) is 0 Å². The number of aromatic nitrogens is 2. The number of benzene rings is 2. The molecule has 2 atom stereocenters. The number of esters is 1. The summed E-state index contributed by atoms with van der Waals surface area (Å²) in [5.41, 5.74) is -0.0669. The fourth-order valence-electron chi connectivity index (χ4n) is 4.73. The minimum atomic E-state index is -0.930. The standard InChI is InChI=1S/C30H37N5O5/c1-18(2)14-24(26(36)33-17-25-31-11-12-32-25)34-23(29(39)40-30(3,4)5)10-13-35-27(37)21-15-19-8-6-7-9-20(19)16-22(21)28(35)38/h6-9,11-12,15-16,18,23-24,34H,10,13-14,17H2,1-5H3,(H,31,32)(H,33,36)/t23-,24+/m1/s1. The maximum absolute atomic E-state index is 13.3. The first-order chi connectivity index (χ1) is 18.9. The third-order valence-corrected chi connectivity index (χ3v) is 6.58. The van der Waals surface area contributed by atoms with E-state index in [0.29, 0.717) is 23.4 Å². The van der Waals surface area contributed by atoms with E-state index in [-0.39, 0.29) is 31.3 Å². The van der Waals surface area contributed by atoms with Gasteiger partial charge in [-0.25, -0.2) is 4.98 Å². The molecule has 0 spiro atoms. The molecule has 0 bridgehead atoms. The van der Waals surface area contributed by atoms with Crippen LogP contribution in [-0.2, 0) is 20.9 Å². The number of carbonyl (C=O) groups excluding carboxylic acids is 4. The minimum absolute atomic E-state index is 0.0119. The van der Waals surface area contributed by atoms with Crippen LogP contribution in [0.1, 0.15) is 74.0 Å². The van der Waals surface area contributed by atoms with E-state index < -0.39 is 35.5 Å². The lowest BCUT2D eigenvalue weighted by Gasteiger charge is -2.29. The zero-order chi connectivity index (χ0) is 29.0. The quantitative estimate of drug-likeness (QED) is 0.247. The van der Waals surface area contributed by atoms with Crippen LogP contribution in [0.15, 0.2) is 48.8 Å². The van der Waals surface area contributed by atoms with Gasteiger partial charge in [0.25, 0.3) is 11.8 Å². The number of hydrogen-bond acceptors (Lipinski definition) is 7. The number of imide groups is 1. The topological polar surface area (TPSA) is 133 Å². The first-order valence-corrected chi connectivity index (χ1v) is 13.6. The van der Waals surface area contributed by atoms with Crippen molar-refractivity contribution < 1.29 is 23.9 Å². The lowest BCUT2D eigenvalue weighted by Crippen LogP contribution is -2.53. The maximum atomic E-state index is 13.3. The molecule has 2 heterocycles. The largest absolute Gasteiger partial charge is 0.459 e. The number of ether oxygens (including phenoxy) is 1. The van der Waals surface area contributed by atoms with Gasteiger partial charge in [0.1, 0.15) is 17.5 Å². The predicted octanol–water partition coefficient (Wildman–Crippen LogP) is 3.58. The monoisotopic (exact) mass is 547 g/mol. The molecule has 212 valence electrons. The highest BCUT2D eigenvalue weighted by molar-refractivity contribution is 6.23. The Morgan fingerprint density at radius 1 is 1.02 bits per heavy atom. The van der Waals surface area contributed by atoms with Crippen molar-refractivity contribution in [3.8, 4) is 0 Å². The van der Waals surface area contributed by atoms with Gasteiger partial charge in [0.15, 0.2) is 0 Å². The lowest BCUT2D eigenvalue weighted by atomic mass is 10.0. The molecule has 10 nitrogen and oxygen atoms in total. The zero-order valence-corrected chi connectivity index (χ0v) is 23.6. The summed E-state index contributed by atoms with van der Waals surface area (Å²) in [5, 5.41) is 7.77. The van der Waals surface area contributed by atoms with Gasteiger partial charge in [-0.2, -0.15) is 0 Å². The number of H-pyrrole nitrogens is 1. The number of aromatic amines is 1. The molecule has 0 unspecified atom stereocenters. The summed E-state index contributed by atoms with van der Waals surface area (Å²) in [6.45, 7) is 9.46. The van der Waals surface area contributed by atoms with E-state index in [1.165, 1.54) is 0 Å². The Bertz CT molecular complexity index is 1340. The third-order valence-electron chi connectivity index (χ3n) is 6.58. The molecular weight excluding hydrogens is 510 g/mol. The Morgan fingerprint density at radius 3 is 2.17 bits per heavy atom. The van der Waals surface area contributed by atoms with Crippen molar-refractivity contribution >= 4 is 34.5 Å². The van der Waals surface area contributed by atoms with E-state index in [1.54, 1.807) is 45.3 Å². The molecular formula is C30H37N5O5. The lowest BCUT2D eigenvalue weighted by molar-refractivity contribution is -0.158. The number of nitrogens with one attached hydrogen (secondary N) is 3. The predicted molar refractivity (Wildman–Crippen MR) is 150 cm³/mol. The Balaban J connectivity index is 1.51. The van der Waals surface area contributed by atoms with Gasteiger partial charge in [0, 0.05) is 18.9 Å². The molecule has 0 radical (unpaired) electrons. The Kier molecular flexibility index (Phi) is 8.68. The van der Waals surface area contributed by atoms with E-state index in [9.17, 15) is 19.2 Å². The van der Waals surface area contributed by atoms with E-state index in [2.05, 4.69) is 20.6 Å². The second-order valence-electron chi connectivity index (χ2n) is 11.5. The van der Waals surface area contributed by atoms with Gasteiger partial charge in [-0.15, -0.1) is 0 Å². The maximum Gasteiger partial charge on any atom is 0.323 e. The third kappa shape index (κ3) is 6.93. The highest BCUT2D eigenvalue weighted by atomic mass is 16.6. The number of fused-ring (bicyclic) bond motifs is 2. The Morgan fingerprint density at radius 2 is 1.65 bits per heavy atom. The summed E-state index contributed by atoms with van der Waals surface area (Å²) < 4.78 is 5.65. The molecule has 3 aromatic rings. The molecule has 0 fully saturated rings. The molecule has 1 aliphatic rings. The van der Waals surface area contributed by atoms with Crippen LogP contribution in [0.5, 0.6) is 0 Å². The normalized spacial score (nSPS) is 14.9. The fraction of sp³-hybridized carbons (Fsp3) is 0.433. The molecule has 3 N–H and O–H groups in total. The van der Waals surface area contributed by atoms with Gasteiger partial charge in [-0.1, -0.05) is 38.1 Å². The number of rotatable bonds is 11. The second kappa shape index (κ2) is 12.0. The van der Waals surface area contributed by atoms with Crippen molar-refractivity contribution in [2.45, 2.75) is 71.7 Å². The number of amides is 3. The molecule has 1 aliphatic heterocycles. The van der Waals surface area contributed by atoms with Crippen molar-refractivity contribution in [2.75, 3.05) is 6.54 Å². The van der Waals surface area contributed by atoms with Crippen LogP contribution in [0.2, 0.25) is 0 Å². The number of nitrogens with zero attached hydrogens (tertiary/aromatic N) is 2. The van der Waals surface area contributed by atoms with Crippen LogP contribution in [0.3, 0.4) is 0 Å². The van der Waals surface area contributed by atoms with Gasteiger partial charge < -0.3 is 15.0 Å². The number of imidazole rings is 1. The van der Waals surface area contributed by atoms with E-state index in [0.717, 1.165) is 15.7 Å². The van der Waals surface area contributed by atoms with Gasteiger partial charge in [0.05, 0.1) is 23.7 Å². The molecule has 0 saturated heterocycles. The zero-order valence-electron chi connectivity index (χ0n) is 23.6. The first kappa shape index (κ1) is 28.9. The van der Waals surface area contributed by atoms with Crippen LogP contribution >= 0.6 is 0 Å². The van der Waals surface area contributed by atoms with Crippen molar-refractivity contribution in [2.24, 2.45) is 5.92 Å². The first-order valence-electron chi connectivity index (χ1n) is 13.6. The molecule has 0 aliphatic carbocycles. The van der Waals surface area contributed by atoms with Crippen molar-refractivity contribution in [3.05, 3.63) is 65.7 Å². The summed E-state index contributed by atoms with van der Waals surface area (Å²) in [5.74, 6) is -0.879. The summed E-state index contributed by atoms with van der Waals surface area (Å²) in [6, 6.07) is 9.37. The van der Waals surface area contributed by atoms with Gasteiger partial charge in [0.2, 0.25) is 5.91 Å². The van der Waals surface area contributed by atoms with Gasteiger partial charge in [-0.3, -0.25) is 29.4 Å². The summed E-state index contributed by atoms with van der Waals surface area (Å²) in [7, 11) is 0. The average Bonchev–Trinajstić information content (AvgIpc) is 3.49. The smallest absolute Gasteiger partial charge is 0.323 e. The van der Waals surface area contributed by atoms with Gasteiger partial charge >= 0.3 is 5.97 Å². The summed E-state index contributed by atoms with van der Waals surface area (Å²) >= 11 is 0. The van der Waals surface area contributed by atoms with Gasteiger partial charge in [-0.05, 0) is 62.4 Å². The van der Waals surface area contributed by atoms with Crippen LogP contribution in [0, 0.1) is 5.92 Å². The van der Waals surface area contributed by atoms with Crippen LogP contribution in [0.25, 0.3) is 10.8 Å². The van der Waals surface area contributed by atoms with Crippen LogP contribution in [0.4, 0.5) is 0 Å². The summed E-state index contributed by atoms with van der Waals surface area (Å²) in [6.07, 6.45) is 3.82. The van der Waals surface area contributed by atoms with E-state index in [1.807, 2.05) is 38.1 Å². The molecule has 3 amide bonds. The molecule has 4 rings (SSSR count). The highest BCUT2D eigenvalue weighted by Crippen LogP contribution is 2.28. The van der Waals surface area contributed by atoms with Crippen molar-refractivity contribution in [3.63, 3.8) is 0 Å². The number of hydrogen-bond donors (Lipinski definition) is 3. The van der Waals surface area contributed by atoms with Crippen LogP contribution < -0.4 is 10.6 Å². The van der Waals surface area contributed by atoms with E-state index in [4.69, 9.17) is 4.74 Å². The van der Waals surface area contributed by atoms with Crippen LogP contribution in [-0.4, -0.2) is 62.8 Å². The second-order valence-corrected chi connectivity index (χ2v) is 11.5. The fourth-order valence-corrected chi connectivity index (χ4v) is 4.73. The Hall–Kier alpha value is -4.05. The molecule has 1 aromatic heterocycles. The molecule has 2 aromatic carbocycles. The molecule has 10 heteroatoms. The minimum Gasteiger partial charge on any atom is -0.459 e. The number of carbonyl (C=O) groups is 4. The average molecular weight is 548 g/mol. The molecule has 0 saturated carbocycles. The highest BCUT2D eigenvalue weighted by Gasteiger charge is 2.37. The summed E-state index contributed by atoms with van der Waals surface area (Å²) in [4.78, 5) is 61.1.